The van der Waals surface area contributed by atoms with E-state index in [1.807, 2.05) is 0 Å². The molecule has 0 aliphatic carbocycles. The number of benzene rings is 2. The molecule has 0 spiro atoms. The molecule has 0 saturated heterocycles. The summed E-state index contributed by atoms with van der Waals surface area (Å²) in [4.78, 5) is 15.6. The van der Waals surface area contributed by atoms with Gasteiger partial charge in [0.15, 0.2) is 0 Å². The smallest absolute Gasteiger partial charge is 0.406 e. The molecule has 0 bridgehead atoms. The number of aldehydes is 1. The highest BCUT2D eigenvalue weighted by atomic mass is 35.5. The molecule has 3 aromatic rings. The summed E-state index contributed by atoms with van der Waals surface area (Å²) in [6.07, 6.45) is -3.98. The van der Waals surface area contributed by atoms with E-state index in [4.69, 9.17) is 11.6 Å². The largest absolute Gasteiger partial charge is 0.573 e. The third kappa shape index (κ3) is 3.80. The second-order valence-corrected chi connectivity index (χ2v) is 6.10. The molecule has 0 N–H and O–H groups in total. The first-order valence-electron chi connectivity index (χ1n) is 7.67. The van der Waals surface area contributed by atoms with Crippen molar-refractivity contribution in [2.75, 3.05) is 0 Å². The van der Waals surface area contributed by atoms with Crippen molar-refractivity contribution >= 4 is 28.8 Å². The Morgan fingerprint density at radius 3 is 2.62 bits per heavy atom. The average Bonchev–Trinajstić information content (AvgIpc) is 2.54. The van der Waals surface area contributed by atoms with E-state index in [-0.39, 0.29) is 12.2 Å². The number of rotatable bonds is 4. The van der Waals surface area contributed by atoms with Crippen LogP contribution in [-0.2, 0) is 11.2 Å². The van der Waals surface area contributed by atoms with Crippen molar-refractivity contribution in [2.45, 2.75) is 19.7 Å². The van der Waals surface area contributed by atoms with E-state index >= 15 is 0 Å². The van der Waals surface area contributed by atoms with Crippen LogP contribution in [0.4, 0.5) is 13.2 Å². The lowest BCUT2D eigenvalue weighted by Crippen LogP contribution is -2.17. The van der Waals surface area contributed by atoms with Crippen LogP contribution >= 0.6 is 11.6 Å². The van der Waals surface area contributed by atoms with Crippen LogP contribution in [0.5, 0.6) is 5.75 Å². The number of halogens is 4. The van der Waals surface area contributed by atoms with Crippen LogP contribution in [0.3, 0.4) is 0 Å². The lowest BCUT2D eigenvalue weighted by molar-refractivity contribution is -0.274. The molecule has 0 radical (unpaired) electrons. The molecule has 0 fully saturated rings. The van der Waals surface area contributed by atoms with E-state index in [1.54, 1.807) is 31.2 Å². The lowest BCUT2D eigenvalue weighted by atomic mass is 9.93. The Morgan fingerprint density at radius 2 is 1.96 bits per heavy atom. The molecule has 3 rings (SSSR count). The maximum Gasteiger partial charge on any atom is 0.573 e. The van der Waals surface area contributed by atoms with Gasteiger partial charge in [-0.3, -0.25) is 4.98 Å². The topological polar surface area (TPSA) is 39.2 Å². The van der Waals surface area contributed by atoms with E-state index in [2.05, 4.69) is 9.72 Å². The fourth-order valence-corrected chi connectivity index (χ4v) is 3.10. The summed E-state index contributed by atoms with van der Waals surface area (Å²) < 4.78 is 41.8. The fourth-order valence-electron chi connectivity index (χ4n) is 2.91. The average molecular weight is 380 g/mol. The van der Waals surface area contributed by atoms with E-state index in [0.29, 0.717) is 38.3 Å². The maximum absolute atomic E-state index is 12.6. The number of nitrogens with zero attached hydrogens (tertiary/aromatic N) is 1. The molecular formula is C19H13ClF3NO2. The molecule has 3 nitrogen and oxygen atoms in total. The summed E-state index contributed by atoms with van der Waals surface area (Å²) in [6.45, 7) is 1.76. The van der Waals surface area contributed by atoms with Crippen molar-refractivity contribution in [3.8, 4) is 16.9 Å². The number of carbonyl (C=O) groups is 1. The predicted molar refractivity (Wildman–Crippen MR) is 93.4 cm³/mol. The Kier molecular flexibility index (Phi) is 4.87. The van der Waals surface area contributed by atoms with E-state index < -0.39 is 6.36 Å². The van der Waals surface area contributed by atoms with Crippen molar-refractivity contribution in [1.82, 2.24) is 4.98 Å². The quantitative estimate of drug-likeness (QED) is 0.561. The molecule has 0 aliphatic heterocycles. The summed E-state index contributed by atoms with van der Waals surface area (Å²) in [5, 5.41) is 0.932. The maximum atomic E-state index is 12.6. The van der Waals surface area contributed by atoms with Gasteiger partial charge in [-0.15, -0.1) is 13.2 Å². The zero-order valence-corrected chi connectivity index (χ0v) is 14.4. The third-order valence-corrected chi connectivity index (χ3v) is 4.13. The van der Waals surface area contributed by atoms with Gasteiger partial charge in [0.2, 0.25) is 0 Å². The first-order valence-corrected chi connectivity index (χ1v) is 8.05. The number of carbonyl (C=O) groups excluding carboxylic acids is 1. The highest BCUT2D eigenvalue weighted by Gasteiger charge is 2.31. The first kappa shape index (κ1) is 18.2. The van der Waals surface area contributed by atoms with Gasteiger partial charge in [-0.1, -0.05) is 23.7 Å². The number of aromatic nitrogens is 1. The van der Waals surface area contributed by atoms with Gasteiger partial charge < -0.3 is 9.53 Å². The van der Waals surface area contributed by atoms with Crippen molar-refractivity contribution in [1.29, 1.82) is 0 Å². The monoisotopic (exact) mass is 379 g/mol. The van der Waals surface area contributed by atoms with E-state index in [0.717, 1.165) is 6.29 Å². The van der Waals surface area contributed by atoms with Crippen molar-refractivity contribution in [3.63, 3.8) is 0 Å². The Hall–Kier alpha value is -2.60. The van der Waals surface area contributed by atoms with Crippen LogP contribution in [0.25, 0.3) is 22.0 Å². The van der Waals surface area contributed by atoms with Crippen molar-refractivity contribution in [2.24, 2.45) is 0 Å². The van der Waals surface area contributed by atoms with Gasteiger partial charge in [-0.25, -0.2) is 0 Å². The van der Waals surface area contributed by atoms with E-state index in [1.165, 1.54) is 18.2 Å². The van der Waals surface area contributed by atoms with Gasteiger partial charge >= 0.3 is 6.36 Å². The Balaban J connectivity index is 2.33. The van der Waals surface area contributed by atoms with Crippen LogP contribution in [-0.4, -0.2) is 17.6 Å². The summed E-state index contributed by atoms with van der Waals surface area (Å²) in [6, 6.07) is 10.9. The van der Waals surface area contributed by atoms with Crippen molar-refractivity contribution in [3.05, 3.63) is 58.7 Å². The molecule has 0 saturated carbocycles. The molecule has 0 unspecified atom stereocenters. The predicted octanol–water partition coefficient (Wildman–Crippen LogP) is 5.50. The highest BCUT2D eigenvalue weighted by Crippen LogP contribution is 2.36. The number of hydrogen-bond acceptors (Lipinski definition) is 3. The Labute approximate surface area is 152 Å². The summed E-state index contributed by atoms with van der Waals surface area (Å²) in [5.74, 6) is -0.351. The van der Waals surface area contributed by atoms with Gasteiger partial charge in [0.25, 0.3) is 0 Å². The molecule has 134 valence electrons. The minimum atomic E-state index is -4.80. The zero-order valence-electron chi connectivity index (χ0n) is 13.6. The van der Waals surface area contributed by atoms with Crippen LogP contribution in [0.2, 0.25) is 5.02 Å². The third-order valence-electron chi connectivity index (χ3n) is 3.90. The lowest BCUT2D eigenvalue weighted by Gasteiger charge is -2.16. The highest BCUT2D eigenvalue weighted by molar-refractivity contribution is 6.31. The van der Waals surface area contributed by atoms with Gasteiger partial charge in [0.05, 0.1) is 5.52 Å². The fraction of sp³-hybridized carbons (Fsp3) is 0.158. The molecule has 26 heavy (non-hydrogen) atoms. The van der Waals surface area contributed by atoms with Crippen molar-refractivity contribution < 1.29 is 22.7 Å². The molecule has 1 aromatic heterocycles. The molecule has 0 aliphatic rings. The van der Waals surface area contributed by atoms with Crippen LogP contribution < -0.4 is 4.74 Å². The summed E-state index contributed by atoms with van der Waals surface area (Å²) >= 11 is 6.07. The second kappa shape index (κ2) is 6.96. The molecule has 1 heterocycles. The van der Waals surface area contributed by atoms with Crippen LogP contribution in [0.15, 0.2) is 42.5 Å². The molecule has 7 heteroatoms. The van der Waals surface area contributed by atoms with Crippen LogP contribution in [0.1, 0.15) is 11.3 Å². The Morgan fingerprint density at radius 1 is 1.19 bits per heavy atom. The SMILES string of the molecule is Cc1nc2ccc(OC(F)(F)F)cc2c(-c2cccc(Cl)c2)c1CC=O. The number of ether oxygens (including phenoxy) is 1. The number of alkyl halides is 3. The molecule has 2 aromatic carbocycles. The minimum Gasteiger partial charge on any atom is -0.406 e. The molecule has 0 amide bonds. The summed E-state index contributed by atoms with van der Waals surface area (Å²) in [7, 11) is 0. The number of fused-ring (bicyclic) bond motifs is 1. The molecular weight excluding hydrogens is 367 g/mol. The van der Waals surface area contributed by atoms with Gasteiger partial charge in [0, 0.05) is 22.5 Å². The standard InChI is InChI=1S/C19H13ClF3NO2/c1-11-15(7-8-25)18(12-3-2-4-13(20)9-12)16-10-14(26-19(21,22)23)5-6-17(16)24-11/h2-6,8-10H,7H2,1H3. The van der Waals surface area contributed by atoms with Gasteiger partial charge in [0.1, 0.15) is 12.0 Å². The van der Waals surface area contributed by atoms with Gasteiger partial charge in [-0.2, -0.15) is 0 Å². The summed E-state index contributed by atoms with van der Waals surface area (Å²) in [5.41, 5.74) is 3.08. The molecule has 0 atom stereocenters. The Bertz CT molecular complexity index is 986. The normalized spacial score (nSPS) is 11.6. The van der Waals surface area contributed by atoms with E-state index in [9.17, 15) is 18.0 Å². The second-order valence-electron chi connectivity index (χ2n) is 5.66. The number of aryl methyl sites for hydroxylation is 1. The number of pyridine rings is 1. The minimum absolute atomic E-state index is 0.0843. The zero-order chi connectivity index (χ0) is 18.9. The van der Waals surface area contributed by atoms with Crippen LogP contribution in [0, 0.1) is 6.92 Å². The first-order chi connectivity index (χ1) is 12.3. The number of hydrogen-bond donors (Lipinski definition) is 0. The van der Waals surface area contributed by atoms with Gasteiger partial charge in [-0.05, 0) is 53.9 Å².